The second-order valence-electron chi connectivity index (χ2n) is 2.44. The number of hydroxylamine groups is 2. The van der Waals surface area contributed by atoms with Crippen molar-refractivity contribution in [2.75, 3.05) is 14.2 Å². The molecule has 0 N–H and O–H groups in total. The molecule has 64 valence electrons. The molecule has 3 nitrogen and oxygen atoms in total. The van der Waals surface area contributed by atoms with Crippen LogP contribution in [0.3, 0.4) is 0 Å². The average Bonchev–Trinajstić information content (AvgIpc) is 2.02. The van der Waals surface area contributed by atoms with Crippen LogP contribution >= 0.6 is 0 Å². The number of hydrogen-bond acceptors (Lipinski definition) is 2. The van der Waals surface area contributed by atoms with E-state index in [1.54, 1.807) is 13.1 Å². The molecule has 0 saturated carbocycles. The summed E-state index contributed by atoms with van der Waals surface area (Å²) in [4.78, 5) is 15.9. The third kappa shape index (κ3) is 3.18. The molecular formula is C8H15NO2. The van der Waals surface area contributed by atoms with Crippen LogP contribution in [0.15, 0.2) is 12.7 Å². The zero-order valence-corrected chi connectivity index (χ0v) is 7.33. The van der Waals surface area contributed by atoms with E-state index in [0.29, 0.717) is 6.42 Å². The number of rotatable bonds is 4. The Hall–Kier alpha value is -0.830. The summed E-state index contributed by atoms with van der Waals surface area (Å²) in [5.41, 5.74) is 0. The number of hydrogen-bond donors (Lipinski definition) is 0. The van der Waals surface area contributed by atoms with Gasteiger partial charge in [-0.1, -0.05) is 13.0 Å². The third-order valence-corrected chi connectivity index (χ3v) is 1.53. The molecule has 3 heteroatoms. The zero-order valence-electron chi connectivity index (χ0n) is 7.33. The van der Waals surface area contributed by atoms with E-state index in [9.17, 15) is 4.79 Å². The SMILES string of the molecule is C=CC[C@H](C)C(=O)N(C)OC. The number of allylic oxidation sites excluding steroid dienone is 1. The summed E-state index contributed by atoms with van der Waals surface area (Å²) in [6.45, 7) is 5.40. The van der Waals surface area contributed by atoms with Gasteiger partial charge in [0.2, 0.25) is 5.91 Å². The molecule has 0 bridgehead atoms. The van der Waals surface area contributed by atoms with Gasteiger partial charge in [-0.2, -0.15) is 0 Å². The first-order valence-corrected chi connectivity index (χ1v) is 3.56. The van der Waals surface area contributed by atoms with E-state index in [4.69, 9.17) is 4.84 Å². The molecule has 11 heavy (non-hydrogen) atoms. The zero-order chi connectivity index (χ0) is 8.85. The van der Waals surface area contributed by atoms with Crippen LogP contribution in [0.4, 0.5) is 0 Å². The van der Waals surface area contributed by atoms with Crippen molar-refractivity contribution < 1.29 is 9.63 Å². The van der Waals surface area contributed by atoms with Gasteiger partial charge in [0.15, 0.2) is 0 Å². The maximum atomic E-state index is 11.2. The van der Waals surface area contributed by atoms with Gasteiger partial charge in [0.25, 0.3) is 0 Å². The summed E-state index contributed by atoms with van der Waals surface area (Å²) in [6.07, 6.45) is 2.42. The maximum absolute atomic E-state index is 11.2. The molecule has 0 aromatic carbocycles. The Bertz CT molecular complexity index is 145. The first-order valence-electron chi connectivity index (χ1n) is 3.56. The van der Waals surface area contributed by atoms with Crippen molar-refractivity contribution in [3.05, 3.63) is 12.7 Å². The highest BCUT2D eigenvalue weighted by atomic mass is 16.7. The molecule has 0 radical (unpaired) electrons. The van der Waals surface area contributed by atoms with Gasteiger partial charge in [0.05, 0.1) is 7.11 Å². The predicted molar refractivity (Wildman–Crippen MR) is 43.8 cm³/mol. The highest BCUT2D eigenvalue weighted by Crippen LogP contribution is 2.05. The Morgan fingerprint density at radius 1 is 1.82 bits per heavy atom. The van der Waals surface area contributed by atoms with E-state index < -0.39 is 0 Å². The number of carbonyl (C=O) groups is 1. The van der Waals surface area contributed by atoms with Crippen LogP contribution in [0.25, 0.3) is 0 Å². The van der Waals surface area contributed by atoms with Crippen molar-refractivity contribution in [3.63, 3.8) is 0 Å². The summed E-state index contributed by atoms with van der Waals surface area (Å²) in [5.74, 6) is -0.0650. The van der Waals surface area contributed by atoms with Crippen LogP contribution < -0.4 is 0 Å². The van der Waals surface area contributed by atoms with Gasteiger partial charge in [-0.25, -0.2) is 5.06 Å². The molecule has 0 heterocycles. The third-order valence-electron chi connectivity index (χ3n) is 1.53. The van der Waals surface area contributed by atoms with Crippen molar-refractivity contribution in [1.29, 1.82) is 0 Å². The summed E-state index contributed by atoms with van der Waals surface area (Å²) in [7, 11) is 3.07. The van der Waals surface area contributed by atoms with Crippen molar-refractivity contribution in [1.82, 2.24) is 5.06 Å². The van der Waals surface area contributed by atoms with Gasteiger partial charge in [-0.05, 0) is 6.42 Å². The van der Waals surface area contributed by atoms with E-state index in [0.717, 1.165) is 0 Å². The lowest BCUT2D eigenvalue weighted by molar-refractivity contribution is -0.172. The Balaban J connectivity index is 3.90. The molecule has 0 aromatic heterocycles. The van der Waals surface area contributed by atoms with Crippen molar-refractivity contribution in [3.8, 4) is 0 Å². The normalized spacial score (nSPS) is 12.3. The van der Waals surface area contributed by atoms with Crippen molar-refractivity contribution >= 4 is 5.91 Å². The molecule has 0 aromatic rings. The molecule has 0 aliphatic rings. The van der Waals surface area contributed by atoms with Crippen LogP contribution in [0, 0.1) is 5.92 Å². The van der Waals surface area contributed by atoms with Crippen molar-refractivity contribution in [2.24, 2.45) is 5.92 Å². The van der Waals surface area contributed by atoms with E-state index in [2.05, 4.69) is 6.58 Å². The van der Waals surface area contributed by atoms with Crippen LogP contribution in [-0.4, -0.2) is 25.1 Å². The minimum absolute atomic E-state index is 0.0209. The van der Waals surface area contributed by atoms with Crippen LogP contribution in [0.5, 0.6) is 0 Å². The van der Waals surface area contributed by atoms with E-state index in [-0.39, 0.29) is 11.8 Å². The standard InChI is InChI=1S/C8H15NO2/c1-5-6-7(2)8(10)9(3)11-4/h5,7H,1,6H2,2-4H3/t7-/m0/s1. The topological polar surface area (TPSA) is 29.5 Å². The quantitative estimate of drug-likeness (QED) is 0.453. The summed E-state index contributed by atoms with van der Waals surface area (Å²) in [5, 5.41) is 1.23. The first-order chi connectivity index (χ1) is 5.13. The molecule has 0 spiro atoms. The second-order valence-corrected chi connectivity index (χ2v) is 2.44. The lowest BCUT2D eigenvalue weighted by Gasteiger charge is -2.17. The first kappa shape index (κ1) is 10.2. The molecule has 0 rings (SSSR count). The Morgan fingerprint density at radius 3 is 2.73 bits per heavy atom. The molecule has 1 amide bonds. The van der Waals surface area contributed by atoms with Crippen LogP contribution in [0.2, 0.25) is 0 Å². The molecule has 0 aliphatic carbocycles. The van der Waals surface area contributed by atoms with E-state index >= 15 is 0 Å². The Morgan fingerprint density at radius 2 is 2.36 bits per heavy atom. The second kappa shape index (κ2) is 4.91. The fourth-order valence-corrected chi connectivity index (χ4v) is 0.751. The summed E-state index contributed by atoms with van der Waals surface area (Å²) in [6, 6.07) is 0. The Labute approximate surface area is 67.6 Å². The minimum Gasteiger partial charge on any atom is -0.275 e. The van der Waals surface area contributed by atoms with Gasteiger partial charge in [0, 0.05) is 13.0 Å². The largest absolute Gasteiger partial charge is 0.275 e. The fourth-order valence-electron chi connectivity index (χ4n) is 0.751. The number of amides is 1. The number of nitrogens with zero attached hydrogens (tertiary/aromatic N) is 1. The monoisotopic (exact) mass is 157 g/mol. The lowest BCUT2D eigenvalue weighted by Crippen LogP contribution is -2.30. The lowest BCUT2D eigenvalue weighted by atomic mass is 10.1. The highest BCUT2D eigenvalue weighted by molar-refractivity contribution is 5.77. The van der Waals surface area contributed by atoms with E-state index in [1.807, 2.05) is 6.92 Å². The summed E-state index contributed by atoms with van der Waals surface area (Å²) < 4.78 is 0. The molecule has 0 aliphatic heterocycles. The smallest absolute Gasteiger partial charge is 0.248 e. The van der Waals surface area contributed by atoms with Gasteiger partial charge in [0.1, 0.15) is 0 Å². The van der Waals surface area contributed by atoms with Crippen molar-refractivity contribution in [2.45, 2.75) is 13.3 Å². The molecule has 0 unspecified atom stereocenters. The van der Waals surface area contributed by atoms with Crippen LogP contribution in [0.1, 0.15) is 13.3 Å². The maximum Gasteiger partial charge on any atom is 0.248 e. The van der Waals surface area contributed by atoms with Gasteiger partial charge < -0.3 is 0 Å². The predicted octanol–water partition coefficient (Wildman–Crippen LogP) is 1.22. The van der Waals surface area contributed by atoms with Gasteiger partial charge >= 0.3 is 0 Å². The summed E-state index contributed by atoms with van der Waals surface area (Å²) >= 11 is 0. The molecule has 0 fully saturated rings. The average molecular weight is 157 g/mol. The van der Waals surface area contributed by atoms with Gasteiger partial charge in [-0.15, -0.1) is 6.58 Å². The number of carbonyl (C=O) groups excluding carboxylic acids is 1. The van der Waals surface area contributed by atoms with Gasteiger partial charge in [-0.3, -0.25) is 9.63 Å². The fraction of sp³-hybridized carbons (Fsp3) is 0.625. The molecule has 0 saturated heterocycles. The van der Waals surface area contributed by atoms with E-state index in [1.165, 1.54) is 12.2 Å². The Kier molecular flexibility index (Phi) is 4.54. The minimum atomic E-state index is -0.0440. The highest BCUT2D eigenvalue weighted by Gasteiger charge is 2.15. The van der Waals surface area contributed by atoms with Crippen LogP contribution in [-0.2, 0) is 9.63 Å². The molecular weight excluding hydrogens is 142 g/mol. The molecule has 1 atom stereocenters.